The summed E-state index contributed by atoms with van der Waals surface area (Å²) in [6.45, 7) is 6.46. The predicted molar refractivity (Wildman–Crippen MR) is 67.6 cm³/mol. The number of alkyl halides is 3. The lowest BCUT2D eigenvalue weighted by Crippen LogP contribution is -2.23. The van der Waals surface area contributed by atoms with Gasteiger partial charge < -0.3 is 5.32 Å². The SMILES string of the molecule is CCNC(CCC(F)(F)F)c1cc(C)ccc1C. The summed E-state index contributed by atoms with van der Waals surface area (Å²) in [6, 6.07) is 5.68. The molecule has 18 heavy (non-hydrogen) atoms. The van der Waals surface area contributed by atoms with Gasteiger partial charge in [-0.15, -0.1) is 0 Å². The Balaban J connectivity index is 2.86. The van der Waals surface area contributed by atoms with Gasteiger partial charge in [0.2, 0.25) is 0 Å². The monoisotopic (exact) mass is 259 g/mol. The molecule has 1 aromatic carbocycles. The third-order valence-corrected chi connectivity index (χ3v) is 2.98. The lowest BCUT2D eigenvalue weighted by atomic mass is 9.95. The molecule has 0 aliphatic heterocycles. The minimum atomic E-state index is -4.09. The molecule has 0 fully saturated rings. The first-order valence-corrected chi connectivity index (χ1v) is 6.20. The van der Waals surface area contributed by atoms with Crippen LogP contribution in [-0.2, 0) is 0 Å². The number of halogens is 3. The van der Waals surface area contributed by atoms with E-state index in [4.69, 9.17) is 0 Å². The van der Waals surface area contributed by atoms with E-state index in [-0.39, 0.29) is 12.5 Å². The van der Waals surface area contributed by atoms with E-state index in [0.29, 0.717) is 6.54 Å². The molecule has 0 amide bonds. The molecule has 1 unspecified atom stereocenters. The standard InChI is InChI=1S/C14H20F3N/c1-4-18-13(7-8-14(15,16)17)12-9-10(2)5-6-11(12)3/h5-6,9,13,18H,4,7-8H2,1-3H3. The van der Waals surface area contributed by atoms with Crippen LogP contribution in [-0.4, -0.2) is 12.7 Å². The van der Waals surface area contributed by atoms with Crippen molar-refractivity contribution in [2.75, 3.05) is 6.54 Å². The molecule has 0 heterocycles. The van der Waals surface area contributed by atoms with Crippen molar-refractivity contribution in [1.29, 1.82) is 0 Å². The van der Waals surface area contributed by atoms with Crippen LogP contribution in [0, 0.1) is 13.8 Å². The minimum absolute atomic E-state index is 0.0850. The Labute approximate surface area is 106 Å². The second-order valence-electron chi connectivity index (χ2n) is 4.62. The highest BCUT2D eigenvalue weighted by molar-refractivity contribution is 5.33. The van der Waals surface area contributed by atoms with E-state index in [1.54, 1.807) is 0 Å². The number of benzene rings is 1. The van der Waals surface area contributed by atoms with E-state index in [0.717, 1.165) is 16.7 Å². The van der Waals surface area contributed by atoms with Crippen molar-refractivity contribution in [3.63, 3.8) is 0 Å². The van der Waals surface area contributed by atoms with Crippen LogP contribution in [0.25, 0.3) is 0 Å². The van der Waals surface area contributed by atoms with Gasteiger partial charge in [-0.1, -0.05) is 30.7 Å². The van der Waals surface area contributed by atoms with E-state index in [1.807, 2.05) is 39.0 Å². The zero-order chi connectivity index (χ0) is 13.8. The van der Waals surface area contributed by atoms with Gasteiger partial charge in [-0.3, -0.25) is 0 Å². The van der Waals surface area contributed by atoms with Crippen LogP contribution >= 0.6 is 0 Å². The molecule has 102 valence electrons. The van der Waals surface area contributed by atoms with Gasteiger partial charge in [0.25, 0.3) is 0 Å². The Kier molecular flexibility index (Phi) is 5.20. The van der Waals surface area contributed by atoms with Crippen LogP contribution in [0.2, 0.25) is 0 Å². The fourth-order valence-corrected chi connectivity index (χ4v) is 2.06. The molecule has 0 aliphatic rings. The molecule has 1 nitrogen and oxygen atoms in total. The molecule has 0 bridgehead atoms. The summed E-state index contributed by atoms with van der Waals surface area (Å²) in [6.07, 6.45) is -4.76. The average Bonchev–Trinajstić information content (AvgIpc) is 2.26. The topological polar surface area (TPSA) is 12.0 Å². The van der Waals surface area contributed by atoms with Gasteiger partial charge in [-0.2, -0.15) is 13.2 Å². The Hall–Kier alpha value is -1.03. The number of hydrogen-bond acceptors (Lipinski definition) is 1. The van der Waals surface area contributed by atoms with Crippen molar-refractivity contribution >= 4 is 0 Å². The van der Waals surface area contributed by atoms with E-state index in [9.17, 15) is 13.2 Å². The van der Waals surface area contributed by atoms with Crippen molar-refractivity contribution in [3.8, 4) is 0 Å². The third kappa shape index (κ3) is 4.69. The fourth-order valence-electron chi connectivity index (χ4n) is 2.06. The van der Waals surface area contributed by atoms with E-state index in [2.05, 4.69) is 5.32 Å². The molecular weight excluding hydrogens is 239 g/mol. The van der Waals surface area contributed by atoms with Gasteiger partial charge >= 0.3 is 6.18 Å². The van der Waals surface area contributed by atoms with Crippen molar-refractivity contribution in [2.45, 2.75) is 45.8 Å². The summed E-state index contributed by atoms with van der Waals surface area (Å²) < 4.78 is 37.0. The summed E-state index contributed by atoms with van der Waals surface area (Å²) in [4.78, 5) is 0. The van der Waals surface area contributed by atoms with Gasteiger partial charge in [0.15, 0.2) is 0 Å². The van der Waals surface area contributed by atoms with E-state index < -0.39 is 12.6 Å². The van der Waals surface area contributed by atoms with Crippen LogP contribution in [0.4, 0.5) is 13.2 Å². The van der Waals surface area contributed by atoms with Gasteiger partial charge in [-0.05, 0) is 37.9 Å². The average molecular weight is 259 g/mol. The second kappa shape index (κ2) is 6.23. The first-order chi connectivity index (χ1) is 8.33. The summed E-state index contributed by atoms with van der Waals surface area (Å²) in [7, 11) is 0. The molecule has 0 saturated carbocycles. The van der Waals surface area contributed by atoms with Crippen molar-refractivity contribution < 1.29 is 13.2 Å². The van der Waals surface area contributed by atoms with Crippen LogP contribution in [0.5, 0.6) is 0 Å². The second-order valence-corrected chi connectivity index (χ2v) is 4.62. The van der Waals surface area contributed by atoms with Crippen LogP contribution < -0.4 is 5.32 Å². The van der Waals surface area contributed by atoms with Crippen LogP contribution in [0.3, 0.4) is 0 Å². The van der Waals surface area contributed by atoms with Crippen LogP contribution in [0.15, 0.2) is 18.2 Å². The van der Waals surface area contributed by atoms with Crippen molar-refractivity contribution in [2.24, 2.45) is 0 Å². The fraction of sp³-hybridized carbons (Fsp3) is 0.571. The molecule has 0 aromatic heterocycles. The van der Waals surface area contributed by atoms with Crippen molar-refractivity contribution in [1.82, 2.24) is 5.32 Å². The first-order valence-electron chi connectivity index (χ1n) is 6.20. The maximum atomic E-state index is 12.3. The molecule has 0 radical (unpaired) electrons. The number of aryl methyl sites for hydroxylation is 2. The summed E-state index contributed by atoms with van der Waals surface area (Å²) in [5, 5.41) is 3.14. The lowest BCUT2D eigenvalue weighted by molar-refractivity contribution is -0.136. The smallest absolute Gasteiger partial charge is 0.310 e. The molecule has 0 saturated heterocycles. The zero-order valence-electron chi connectivity index (χ0n) is 11.1. The molecular formula is C14H20F3N. The van der Waals surface area contributed by atoms with Gasteiger partial charge in [-0.25, -0.2) is 0 Å². The Morgan fingerprint density at radius 1 is 1.22 bits per heavy atom. The first kappa shape index (κ1) is 15.0. The van der Waals surface area contributed by atoms with Crippen molar-refractivity contribution in [3.05, 3.63) is 34.9 Å². The zero-order valence-corrected chi connectivity index (χ0v) is 11.1. The Morgan fingerprint density at radius 3 is 2.44 bits per heavy atom. The maximum Gasteiger partial charge on any atom is 0.389 e. The van der Waals surface area contributed by atoms with Gasteiger partial charge in [0.05, 0.1) is 0 Å². The number of nitrogens with one attached hydrogen (secondary N) is 1. The Morgan fingerprint density at radius 2 is 1.89 bits per heavy atom. The highest BCUT2D eigenvalue weighted by Gasteiger charge is 2.28. The maximum absolute atomic E-state index is 12.3. The molecule has 4 heteroatoms. The molecule has 1 N–H and O–H groups in total. The summed E-state index contributed by atoms with van der Waals surface area (Å²) >= 11 is 0. The molecule has 1 rings (SSSR count). The van der Waals surface area contributed by atoms with E-state index in [1.165, 1.54) is 0 Å². The van der Waals surface area contributed by atoms with Gasteiger partial charge in [0, 0.05) is 12.5 Å². The number of hydrogen-bond donors (Lipinski definition) is 1. The molecule has 0 aliphatic carbocycles. The largest absolute Gasteiger partial charge is 0.389 e. The summed E-state index contributed by atoms with van der Waals surface area (Å²) in [5.41, 5.74) is 3.08. The third-order valence-electron chi connectivity index (χ3n) is 2.98. The highest BCUT2D eigenvalue weighted by atomic mass is 19.4. The lowest BCUT2D eigenvalue weighted by Gasteiger charge is -2.21. The van der Waals surface area contributed by atoms with Gasteiger partial charge in [0.1, 0.15) is 0 Å². The van der Waals surface area contributed by atoms with Crippen LogP contribution in [0.1, 0.15) is 42.5 Å². The highest BCUT2D eigenvalue weighted by Crippen LogP contribution is 2.29. The minimum Gasteiger partial charge on any atom is -0.310 e. The van der Waals surface area contributed by atoms with E-state index >= 15 is 0 Å². The molecule has 0 spiro atoms. The Bertz CT molecular complexity index is 385. The molecule has 1 aromatic rings. The summed E-state index contributed by atoms with van der Waals surface area (Å²) in [5.74, 6) is 0. The predicted octanol–water partition coefficient (Wildman–Crippen LogP) is 4.30. The quantitative estimate of drug-likeness (QED) is 0.831. The molecule has 1 atom stereocenters. The number of rotatable bonds is 5. The normalized spacial score (nSPS) is 13.7.